The zero-order valence-corrected chi connectivity index (χ0v) is 12.9. The van der Waals surface area contributed by atoms with Gasteiger partial charge in [-0.1, -0.05) is 11.6 Å². The maximum Gasteiger partial charge on any atom is 0.276 e. The molecule has 1 aromatic carbocycles. The Bertz CT molecular complexity index is 801. The van der Waals surface area contributed by atoms with Crippen molar-refractivity contribution in [3.8, 4) is 0 Å². The Morgan fingerprint density at radius 3 is 2.73 bits per heavy atom. The number of aromatic nitrogens is 2. The minimum Gasteiger partial charge on any atom is -0.358 e. The first-order valence-electron chi connectivity index (χ1n) is 6.67. The third kappa shape index (κ3) is 3.09. The normalized spacial score (nSPS) is 10.5. The van der Waals surface area contributed by atoms with Crippen LogP contribution in [-0.2, 0) is 11.3 Å². The van der Waals surface area contributed by atoms with Crippen LogP contribution in [0.4, 0.5) is 0 Å². The van der Waals surface area contributed by atoms with Crippen LogP contribution in [0.2, 0.25) is 5.02 Å². The lowest BCUT2D eigenvalue weighted by molar-refractivity contribution is -0.119. The Morgan fingerprint density at radius 2 is 2.09 bits per heavy atom. The summed E-state index contributed by atoms with van der Waals surface area (Å²) in [6, 6.07) is 4.84. The summed E-state index contributed by atoms with van der Waals surface area (Å²) in [6.07, 6.45) is 0. The molecule has 0 radical (unpaired) electrons. The lowest BCUT2D eigenvalue weighted by Gasteiger charge is -2.10. The van der Waals surface area contributed by atoms with Crippen LogP contribution in [0.1, 0.15) is 17.4 Å². The zero-order valence-electron chi connectivity index (χ0n) is 12.1. The van der Waals surface area contributed by atoms with E-state index in [0.29, 0.717) is 22.5 Å². The third-order valence-electron chi connectivity index (χ3n) is 3.12. The van der Waals surface area contributed by atoms with E-state index in [9.17, 15) is 14.4 Å². The number of hydrogen-bond acceptors (Lipinski definition) is 4. The van der Waals surface area contributed by atoms with Crippen LogP contribution >= 0.6 is 11.6 Å². The van der Waals surface area contributed by atoms with Gasteiger partial charge in [-0.05, 0) is 25.1 Å². The van der Waals surface area contributed by atoms with Crippen LogP contribution in [0.3, 0.4) is 0 Å². The maximum atomic E-state index is 12.4. The van der Waals surface area contributed by atoms with Gasteiger partial charge in [0.2, 0.25) is 11.3 Å². The number of rotatable bonds is 4. The highest BCUT2D eigenvalue weighted by Gasteiger charge is 2.17. The summed E-state index contributed by atoms with van der Waals surface area (Å²) in [4.78, 5) is 35.7. The fourth-order valence-corrected chi connectivity index (χ4v) is 2.16. The van der Waals surface area contributed by atoms with E-state index in [2.05, 4.69) is 15.7 Å². The Hall–Kier alpha value is -2.41. The highest BCUT2D eigenvalue weighted by molar-refractivity contribution is 6.31. The summed E-state index contributed by atoms with van der Waals surface area (Å²) in [7, 11) is 1.45. The Morgan fingerprint density at radius 1 is 1.36 bits per heavy atom. The van der Waals surface area contributed by atoms with Gasteiger partial charge < -0.3 is 10.6 Å². The summed E-state index contributed by atoms with van der Waals surface area (Å²) < 4.78 is 1.54. The van der Waals surface area contributed by atoms with E-state index < -0.39 is 11.3 Å². The smallest absolute Gasteiger partial charge is 0.276 e. The van der Waals surface area contributed by atoms with Crippen molar-refractivity contribution >= 4 is 34.3 Å². The third-order valence-corrected chi connectivity index (χ3v) is 3.36. The summed E-state index contributed by atoms with van der Waals surface area (Å²) in [6.45, 7) is 2.10. The van der Waals surface area contributed by atoms with Crippen molar-refractivity contribution in [2.75, 3.05) is 13.6 Å². The van der Waals surface area contributed by atoms with E-state index in [0.717, 1.165) is 0 Å². The second-order valence-electron chi connectivity index (χ2n) is 4.51. The van der Waals surface area contributed by atoms with Crippen molar-refractivity contribution in [1.29, 1.82) is 0 Å². The van der Waals surface area contributed by atoms with Gasteiger partial charge in [0.05, 0.1) is 17.4 Å². The number of likely N-dealkylation sites (N-methyl/N-ethyl adjacent to an activating group) is 1. The van der Waals surface area contributed by atoms with Gasteiger partial charge >= 0.3 is 0 Å². The highest BCUT2D eigenvalue weighted by atomic mass is 35.5. The minimum absolute atomic E-state index is 0.226. The quantitative estimate of drug-likeness (QED) is 0.859. The molecule has 0 atom stereocenters. The molecule has 2 N–H and O–H groups in total. The molecule has 2 amide bonds. The van der Waals surface area contributed by atoms with Crippen molar-refractivity contribution in [3.05, 3.63) is 39.1 Å². The molecule has 7 nitrogen and oxygen atoms in total. The van der Waals surface area contributed by atoms with Crippen molar-refractivity contribution < 1.29 is 9.59 Å². The lowest BCUT2D eigenvalue weighted by atomic mass is 10.2. The second kappa shape index (κ2) is 6.57. The number of fused-ring (bicyclic) bond motifs is 1. The van der Waals surface area contributed by atoms with Gasteiger partial charge in [-0.3, -0.25) is 19.1 Å². The molecule has 0 aliphatic heterocycles. The van der Waals surface area contributed by atoms with Gasteiger partial charge in [-0.15, -0.1) is 0 Å². The molecule has 1 aromatic heterocycles. The van der Waals surface area contributed by atoms with Crippen molar-refractivity contribution in [1.82, 2.24) is 20.4 Å². The van der Waals surface area contributed by atoms with E-state index in [4.69, 9.17) is 11.6 Å². The molecule has 1 heterocycles. The van der Waals surface area contributed by atoms with Gasteiger partial charge in [0.1, 0.15) is 0 Å². The van der Waals surface area contributed by atoms with E-state index in [1.165, 1.54) is 13.1 Å². The molecular formula is C14H15ClN4O3. The van der Waals surface area contributed by atoms with Crippen LogP contribution in [0, 0.1) is 0 Å². The number of benzene rings is 1. The van der Waals surface area contributed by atoms with Gasteiger partial charge in [0, 0.05) is 18.6 Å². The predicted octanol–water partition coefficient (Wildman–Crippen LogP) is 0.546. The fourth-order valence-electron chi connectivity index (χ4n) is 1.99. The van der Waals surface area contributed by atoms with Crippen LogP contribution in [-0.4, -0.2) is 35.2 Å². The zero-order chi connectivity index (χ0) is 16.3. The number of aryl methyl sites for hydroxylation is 1. The Labute approximate surface area is 131 Å². The molecule has 0 saturated carbocycles. The number of nitrogens with one attached hydrogen (secondary N) is 2. The van der Waals surface area contributed by atoms with E-state index in [-0.39, 0.29) is 18.1 Å². The van der Waals surface area contributed by atoms with E-state index in [1.54, 1.807) is 16.8 Å². The number of hydrogen-bond donors (Lipinski definition) is 2. The fraction of sp³-hybridized carbons (Fsp3) is 0.286. The predicted molar refractivity (Wildman–Crippen MR) is 83.1 cm³/mol. The molecule has 0 unspecified atom stereocenters. The summed E-state index contributed by atoms with van der Waals surface area (Å²) >= 11 is 5.92. The first-order chi connectivity index (χ1) is 10.5. The number of carbonyl (C=O) groups excluding carboxylic acids is 2. The minimum atomic E-state index is -0.697. The summed E-state index contributed by atoms with van der Waals surface area (Å²) in [5, 5.41) is 9.51. The molecule has 8 heteroatoms. The van der Waals surface area contributed by atoms with Crippen molar-refractivity contribution in [2.24, 2.45) is 0 Å². The molecule has 0 aliphatic carbocycles. The number of halogens is 1. The monoisotopic (exact) mass is 322 g/mol. The van der Waals surface area contributed by atoms with Crippen LogP contribution in [0.25, 0.3) is 10.9 Å². The summed E-state index contributed by atoms with van der Waals surface area (Å²) in [5.74, 6) is -1.06. The highest BCUT2D eigenvalue weighted by Crippen LogP contribution is 2.16. The summed E-state index contributed by atoms with van der Waals surface area (Å²) in [5.41, 5.74) is -0.183. The van der Waals surface area contributed by atoms with Crippen molar-refractivity contribution in [2.45, 2.75) is 13.5 Å². The topological polar surface area (TPSA) is 93.1 Å². The maximum absolute atomic E-state index is 12.4. The molecule has 0 saturated heterocycles. The molecular weight excluding hydrogens is 308 g/mol. The average Bonchev–Trinajstić information content (AvgIpc) is 2.53. The van der Waals surface area contributed by atoms with Gasteiger partial charge in [-0.2, -0.15) is 5.10 Å². The second-order valence-corrected chi connectivity index (χ2v) is 4.95. The Kier molecular flexibility index (Phi) is 4.77. The van der Waals surface area contributed by atoms with E-state index in [1.807, 2.05) is 6.92 Å². The first-order valence-corrected chi connectivity index (χ1v) is 7.05. The molecule has 0 fully saturated rings. The SMILES string of the molecule is CCn1nc(C(=O)NCC(=O)NC)c(=O)c2cc(Cl)ccc21. The number of amides is 2. The number of carbonyl (C=O) groups is 2. The molecule has 0 bridgehead atoms. The molecule has 116 valence electrons. The van der Waals surface area contributed by atoms with E-state index >= 15 is 0 Å². The van der Waals surface area contributed by atoms with Gasteiger partial charge in [0.25, 0.3) is 5.91 Å². The first kappa shape index (κ1) is 16.0. The van der Waals surface area contributed by atoms with Gasteiger partial charge in [0.15, 0.2) is 5.69 Å². The Balaban J connectivity index is 2.50. The molecule has 0 aliphatic rings. The van der Waals surface area contributed by atoms with Crippen molar-refractivity contribution in [3.63, 3.8) is 0 Å². The standard InChI is InChI=1S/C14H15ClN4O3/c1-3-19-10-5-4-8(15)6-9(10)13(21)12(18-19)14(22)17-7-11(20)16-2/h4-6H,3,7H2,1-2H3,(H,16,20)(H,17,22). The molecule has 2 rings (SSSR count). The molecule has 2 aromatic rings. The van der Waals surface area contributed by atoms with Gasteiger partial charge in [-0.25, -0.2) is 0 Å². The largest absolute Gasteiger partial charge is 0.358 e. The van der Waals surface area contributed by atoms with Crippen LogP contribution < -0.4 is 16.1 Å². The van der Waals surface area contributed by atoms with Crippen LogP contribution in [0.15, 0.2) is 23.0 Å². The molecule has 22 heavy (non-hydrogen) atoms. The average molecular weight is 323 g/mol. The van der Waals surface area contributed by atoms with Crippen LogP contribution in [0.5, 0.6) is 0 Å². The number of nitrogens with zero attached hydrogens (tertiary/aromatic N) is 2. The molecule has 0 spiro atoms. The lowest BCUT2D eigenvalue weighted by Crippen LogP contribution is -2.38.